The molecule has 1 saturated heterocycles. The van der Waals surface area contributed by atoms with Gasteiger partial charge in [0.25, 0.3) is 0 Å². The van der Waals surface area contributed by atoms with Crippen LogP contribution in [0.4, 0.5) is 0 Å². The lowest BCUT2D eigenvalue weighted by molar-refractivity contribution is -0.145. The molecule has 0 bridgehead atoms. The van der Waals surface area contributed by atoms with Crippen LogP contribution in [-0.4, -0.2) is 29.3 Å². The minimum Gasteiger partial charge on any atom is -0.341 e. The van der Waals surface area contributed by atoms with Crippen molar-refractivity contribution in [3.63, 3.8) is 0 Å². The number of amides is 1. The molecule has 1 aliphatic heterocycles. The summed E-state index contributed by atoms with van der Waals surface area (Å²) in [6.07, 6.45) is 0.924. The number of rotatable bonds is 1. The van der Waals surface area contributed by atoms with E-state index in [0.717, 1.165) is 13.0 Å². The fourth-order valence-electron chi connectivity index (χ4n) is 1.62. The fourth-order valence-corrected chi connectivity index (χ4v) is 1.88. The molecule has 0 N–H and O–H groups in total. The summed E-state index contributed by atoms with van der Waals surface area (Å²) in [7, 11) is 0. The maximum Gasteiger partial charge on any atom is 0.228 e. The SMILES string of the molecule is CC(C)(C)C(C)(C)C(=O)N1CCC(Cl)C1. The Morgan fingerprint density at radius 3 is 2.13 bits per heavy atom. The van der Waals surface area contributed by atoms with Crippen LogP contribution < -0.4 is 0 Å². The Labute approximate surface area is 98.0 Å². The molecule has 1 amide bonds. The zero-order valence-corrected chi connectivity index (χ0v) is 11.2. The number of halogens is 1. The van der Waals surface area contributed by atoms with E-state index in [1.807, 2.05) is 18.7 Å². The minimum atomic E-state index is -0.325. The van der Waals surface area contributed by atoms with E-state index in [0.29, 0.717) is 6.54 Å². The van der Waals surface area contributed by atoms with Gasteiger partial charge in [-0.1, -0.05) is 34.6 Å². The van der Waals surface area contributed by atoms with E-state index in [4.69, 9.17) is 11.6 Å². The van der Waals surface area contributed by atoms with E-state index < -0.39 is 0 Å². The maximum atomic E-state index is 12.3. The fraction of sp³-hybridized carbons (Fsp3) is 0.917. The van der Waals surface area contributed by atoms with Crippen LogP contribution in [-0.2, 0) is 4.79 Å². The molecule has 15 heavy (non-hydrogen) atoms. The molecular formula is C12H22ClNO. The predicted octanol–water partition coefficient (Wildman–Crippen LogP) is 2.90. The van der Waals surface area contributed by atoms with Gasteiger partial charge in [0.2, 0.25) is 5.91 Å². The third-order valence-corrected chi connectivity index (χ3v) is 4.18. The monoisotopic (exact) mass is 231 g/mol. The van der Waals surface area contributed by atoms with E-state index in [1.54, 1.807) is 0 Å². The quantitative estimate of drug-likeness (QED) is 0.636. The summed E-state index contributed by atoms with van der Waals surface area (Å²) in [5.41, 5.74) is -0.345. The summed E-state index contributed by atoms with van der Waals surface area (Å²) in [5.74, 6) is 0.234. The molecule has 1 fully saturated rings. The summed E-state index contributed by atoms with van der Waals surface area (Å²) in [5, 5.41) is 0.143. The van der Waals surface area contributed by atoms with Gasteiger partial charge in [-0.25, -0.2) is 0 Å². The molecule has 0 spiro atoms. The first-order valence-corrected chi connectivity index (χ1v) is 6.03. The Hall–Kier alpha value is -0.240. The lowest BCUT2D eigenvalue weighted by atomic mass is 9.68. The zero-order valence-electron chi connectivity index (χ0n) is 10.4. The van der Waals surface area contributed by atoms with E-state index in [1.165, 1.54) is 0 Å². The number of hydrogen-bond acceptors (Lipinski definition) is 1. The number of alkyl halides is 1. The van der Waals surface area contributed by atoms with Gasteiger partial charge in [0, 0.05) is 18.5 Å². The van der Waals surface area contributed by atoms with Gasteiger partial charge in [0.05, 0.1) is 5.38 Å². The molecule has 2 nitrogen and oxygen atoms in total. The van der Waals surface area contributed by atoms with Gasteiger partial charge in [0.15, 0.2) is 0 Å². The first-order valence-electron chi connectivity index (χ1n) is 5.59. The van der Waals surface area contributed by atoms with E-state index in [2.05, 4.69) is 20.8 Å². The zero-order chi connectivity index (χ0) is 11.9. The lowest BCUT2D eigenvalue weighted by Crippen LogP contribution is -2.46. The molecule has 1 atom stereocenters. The van der Waals surface area contributed by atoms with Gasteiger partial charge >= 0.3 is 0 Å². The van der Waals surface area contributed by atoms with Crippen LogP contribution >= 0.6 is 11.6 Å². The van der Waals surface area contributed by atoms with Gasteiger partial charge in [0.1, 0.15) is 0 Å². The Kier molecular flexibility index (Phi) is 3.39. The summed E-state index contributed by atoms with van der Waals surface area (Å²) < 4.78 is 0. The third-order valence-electron chi connectivity index (χ3n) is 3.83. The maximum absolute atomic E-state index is 12.3. The highest BCUT2D eigenvalue weighted by molar-refractivity contribution is 6.21. The Balaban J connectivity index is 2.76. The first kappa shape index (κ1) is 12.8. The molecule has 3 heteroatoms. The van der Waals surface area contributed by atoms with Crippen LogP contribution in [0.25, 0.3) is 0 Å². The van der Waals surface area contributed by atoms with E-state index in [-0.39, 0.29) is 22.1 Å². The second-order valence-electron chi connectivity index (χ2n) is 6.01. The molecule has 1 rings (SSSR count). The van der Waals surface area contributed by atoms with E-state index >= 15 is 0 Å². The number of nitrogens with zero attached hydrogens (tertiary/aromatic N) is 1. The molecular weight excluding hydrogens is 210 g/mol. The summed E-state index contributed by atoms with van der Waals surface area (Å²) in [6.45, 7) is 11.9. The van der Waals surface area contributed by atoms with Crippen molar-refractivity contribution in [1.82, 2.24) is 4.90 Å². The van der Waals surface area contributed by atoms with Crippen molar-refractivity contribution in [2.45, 2.75) is 46.4 Å². The molecule has 88 valence electrons. The first-order chi connectivity index (χ1) is 6.66. The van der Waals surface area contributed by atoms with Crippen LogP contribution in [0.3, 0.4) is 0 Å². The molecule has 1 heterocycles. The smallest absolute Gasteiger partial charge is 0.228 e. The normalized spacial score (nSPS) is 23.3. The van der Waals surface area contributed by atoms with Gasteiger partial charge in [-0.05, 0) is 11.8 Å². The Morgan fingerprint density at radius 1 is 1.27 bits per heavy atom. The van der Waals surface area contributed by atoms with Gasteiger partial charge in [-0.2, -0.15) is 0 Å². The molecule has 0 saturated carbocycles. The van der Waals surface area contributed by atoms with Crippen LogP contribution in [0.15, 0.2) is 0 Å². The Bertz CT molecular complexity index is 255. The highest BCUT2D eigenvalue weighted by Gasteiger charge is 2.43. The van der Waals surface area contributed by atoms with Crippen molar-refractivity contribution in [2.24, 2.45) is 10.8 Å². The average molecular weight is 232 g/mol. The minimum absolute atomic E-state index is 0.0194. The molecule has 0 radical (unpaired) electrons. The van der Waals surface area contributed by atoms with Crippen molar-refractivity contribution in [1.29, 1.82) is 0 Å². The number of carbonyl (C=O) groups is 1. The summed E-state index contributed by atoms with van der Waals surface area (Å²) in [4.78, 5) is 14.2. The predicted molar refractivity (Wildman–Crippen MR) is 64.1 cm³/mol. The molecule has 0 aromatic heterocycles. The van der Waals surface area contributed by atoms with Gasteiger partial charge in [-0.3, -0.25) is 4.79 Å². The largest absolute Gasteiger partial charge is 0.341 e. The van der Waals surface area contributed by atoms with Crippen LogP contribution in [0, 0.1) is 10.8 Å². The van der Waals surface area contributed by atoms with Crippen LogP contribution in [0.5, 0.6) is 0 Å². The molecule has 0 aromatic carbocycles. The average Bonchev–Trinajstić information content (AvgIpc) is 2.48. The molecule has 1 unspecified atom stereocenters. The van der Waals surface area contributed by atoms with Crippen molar-refractivity contribution in [2.75, 3.05) is 13.1 Å². The van der Waals surface area contributed by atoms with Gasteiger partial charge < -0.3 is 4.90 Å². The van der Waals surface area contributed by atoms with Crippen molar-refractivity contribution in [3.05, 3.63) is 0 Å². The number of carbonyl (C=O) groups excluding carboxylic acids is 1. The standard InChI is InChI=1S/C12H22ClNO/c1-11(2,3)12(4,5)10(15)14-7-6-9(13)8-14/h9H,6-8H2,1-5H3. The number of likely N-dealkylation sites (tertiary alicyclic amines) is 1. The van der Waals surface area contributed by atoms with Crippen molar-refractivity contribution >= 4 is 17.5 Å². The lowest BCUT2D eigenvalue weighted by Gasteiger charge is -2.39. The second-order valence-corrected chi connectivity index (χ2v) is 6.63. The summed E-state index contributed by atoms with van der Waals surface area (Å²) in [6, 6.07) is 0. The Morgan fingerprint density at radius 2 is 1.80 bits per heavy atom. The molecule has 0 aliphatic carbocycles. The summed E-state index contributed by atoms with van der Waals surface area (Å²) >= 11 is 6.02. The topological polar surface area (TPSA) is 20.3 Å². The number of hydrogen-bond donors (Lipinski definition) is 0. The van der Waals surface area contributed by atoms with Crippen LogP contribution in [0.2, 0.25) is 0 Å². The van der Waals surface area contributed by atoms with Gasteiger partial charge in [-0.15, -0.1) is 11.6 Å². The highest BCUT2D eigenvalue weighted by atomic mass is 35.5. The third kappa shape index (κ3) is 2.47. The van der Waals surface area contributed by atoms with Crippen molar-refractivity contribution in [3.8, 4) is 0 Å². The van der Waals surface area contributed by atoms with E-state index in [9.17, 15) is 4.79 Å². The molecule has 0 aromatic rings. The van der Waals surface area contributed by atoms with Crippen molar-refractivity contribution < 1.29 is 4.79 Å². The second kappa shape index (κ2) is 3.97. The van der Waals surface area contributed by atoms with Crippen LogP contribution in [0.1, 0.15) is 41.0 Å². The molecule has 1 aliphatic rings. The highest BCUT2D eigenvalue weighted by Crippen LogP contribution is 2.40.